The SMILES string of the molecule is O=C(CO)NC[C@@H]1CCCN1Cc1ccc(C#Cc2ccc(C(CO)CC3=C(O)C(=O)CC=N3)cc2)cc1. The number of hydrogen-bond donors (Lipinski definition) is 4. The molecule has 2 atom stereocenters. The van der Waals surface area contributed by atoms with Gasteiger partial charge < -0.3 is 20.6 Å². The average molecular weight is 516 g/mol. The van der Waals surface area contributed by atoms with Crippen LogP contribution in [0.5, 0.6) is 0 Å². The van der Waals surface area contributed by atoms with Crippen molar-refractivity contribution in [3.8, 4) is 11.8 Å². The van der Waals surface area contributed by atoms with E-state index < -0.39 is 6.61 Å². The molecule has 0 spiro atoms. The minimum atomic E-state index is -0.481. The summed E-state index contributed by atoms with van der Waals surface area (Å²) >= 11 is 0. The van der Waals surface area contributed by atoms with Gasteiger partial charge in [0.1, 0.15) is 6.61 Å². The lowest BCUT2D eigenvalue weighted by Crippen LogP contribution is -2.40. The van der Waals surface area contributed by atoms with E-state index in [1.807, 2.05) is 36.4 Å². The van der Waals surface area contributed by atoms with Crippen LogP contribution >= 0.6 is 0 Å². The number of amides is 1. The summed E-state index contributed by atoms with van der Waals surface area (Å²) in [5.41, 5.74) is 4.11. The number of ketones is 1. The number of carbonyl (C=O) groups excluding carboxylic acids is 2. The molecule has 2 aliphatic rings. The molecule has 38 heavy (non-hydrogen) atoms. The van der Waals surface area contributed by atoms with Crippen LogP contribution in [0.3, 0.4) is 0 Å². The van der Waals surface area contributed by atoms with Crippen LogP contribution in [0.4, 0.5) is 0 Å². The van der Waals surface area contributed by atoms with Crippen molar-refractivity contribution in [2.24, 2.45) is 4.99 Å². The molecule has 0 bridgehead atoms. The van der Waals surface area contributed by atoms with Gasteiger partial charge in [-0.2, -0.15) is 0 Å². The molecule has 0 radical (unpaired) electrons. The third-order valence-electron chi connectivity index (χ3n) is 6.97. The van der Waals surface area contributed by atoms with Crippen LogP contribution in [-0.2, 0) is 16.1 Å². The molecular weight excluding hydrogens is 482 g/mol. The molecule has 0 aliphatic carbocycles. The van der Waals surface area contributed by atoms with Crippen LogP contribution in [0, 0.1) is 11.8 Å². The maximum absolute atomic E-state index is 11.7. The number of nitrogens with one attached hydrogen (secondary N) is 1. The van der Waals surface area contributed by atoms with Crippen LogP contribution in [0.15, 0.2) is 65.0 Å². The standard InChI is InChI=1S/C30H33N3O5/c34-19-25(16-27-30(38)28(36)13-14-31-27)24-11-9-22(10-12-24)4-3-21-5-7-23(8-6-21)18-33-15-1-2-26(33)17-32-29(37)20-35/h5-12,14,25-26,34-35,38H,1-2,13,15-20H2,(H,32,37)/t25?,26-/m0/s1. The number of Topliss-reactive ketones (excluding diaryl/α,β-unsaturated/α-hetero) is 1. The predicted molar refractivity (Wildman–Crippen MR) is 145 cm³/mol. The first-order chi connectivity index (χ1) is 18.5. The predicted octanol–water partition coefficient (Wildman–Crippen LogP) is 2.44. The summed E-state index contributed by atoms with van der Waals surface area (Å²) in [6.07, 6.45) is 3.98. The van der Waals surface area contributed by atoms with Crippen molar-refractivity contribution in [2.45, 2.75) is 44.2 Å². The van der Waals surface area contributed by atoms with Crippen LogP contribution < -0.4 is 5.32 Å². The number of rotatable bonds is 9. The molecule has 0 saturated carbocycles. The molecule has 4 N–H and O–H groups in total. The molecule has 8 nitrogen and oxygen atoms in total. The number of aliphatic hydroxyl groups excluding tert-OH is 3. The number of allylic oxidation sites excluding steroid dienone is 2. The largest absolute Gasteiger partial charge is 0.503 e. The van der Waals surface area contributed by atoms with E-state index in [-0.39, 0.29) is 48.9 Å². The summed E-state index contributed by atoms with van der Waals surface area (Å²) < 4.78 is 0. The van der Waals surface area contributed by atoms with Gasteiger partial charge in [-0.25, -0.2) is 0 Å². The van der Waals surface area contributed by atoms with Crippen molar-refractivity contribution in [2.75, 3.05) is 26.3 Å². The average Bonchev–Trinajstić information content (AvgIpc) is 3.39. The van der Waals surface area contributed by atoms with Gasteiger partial charge in [0.15, 0.2) is 5.76 Å². The lowest BCUT2D eigenvalue weighted by Gasteiger charge is -2.24. The molecule has 8 heteroatoms. The number of carbonyl (C=O) groups is 2. The number of aliphatic hydroxyl groups is 3. The minimum absolute atomic E-state index is 0.0984. The summed E-state index contributed by atoms with van der Waals surface area (Å²) in [7, 11) is 0. The summed E-state index contributed by atoms with van der Waals surface area (Å²) in [5, 5.41) is 31.5. The molecule has 1 amide bonds. The molecule has 0 aromatic heterocycles. The normalized spacial score (nSPS) is 18.3. The fourth-order valence-electron chi connectivity index (χ4n) is 4.76. The molecule has 2 aliphatic heterocycles. The van der Waals surface area contributed by atoms with Crippen molar-refractivity contribution < 1.29 is 24.9 Å². The fraction of sp³-hybridized carbons (Fsp3) is 0.367. The van der Waals surface area contributed by atoms with E-state index in [0.717, 1.165) is 42.6 Å². The molecule has 198 valence electrons. The quantitative estimate of drug-likeness (QED) is 0.381. The van der Waals surface area contributed by atoms with Crippen molar-refractivity contribution in [1.29, 1.82) is 0 Å². The molecule has 2 aromatic carbocycles. The number of likely N-dealkylation sites (tertiary alicyclic amines) is 1. The Morgan fingerprint density at radius 1 is 1.08 bits per heavy atom. The molecule has 1 unspecified atom stereocenters. The summed E-state index contributed by atoms with van der Waals surface area (Å²) in [6.45, 7) is 1.72. The number of hydrogen-bond acceptors (Lipinski definition) is 7. The monoisotopic (exact) mass is 515 g/mol. The first kappa shape index (κ1) is 27.3. The van der Waals surface area contributed by atoms with Gasteiger partial charge in [-0.1, -0.05) is 36.1 Å². The number of aliphatic imine (C=N–C) groups is 1. The second-order valence-corrected chi connectivity index (χ2v) is 9.62. The second-order valence-electron chi connectivity index (χ2n) is 9.62. The van der Waals surface area contributed by atoms with E-state index in [2.05, 4.69) is 39.2 Å². The topological polar surface area (TPSA) is 122 Å². The van der Waals surface area contributed by atoms with Gasteiger partial charge in [0.05, 0.1) is 12.3 Å². The van der Waals surface area contributed by atoms with Crippen LogP contribution in [0.2, 0.25) is 0 Å². The van der Waals surface area contributed by atoms with Crippen molar-refractivity contribution in [1.82, 2.24) is 10.2 Å². The zero-order valence-electron chi connectivity index (χ0n) is 21.3. The molecule has 4 rings (SSSR count). The Kier molecular flexibility index (Phi) is 9.44. The van der Waals surface area contributed by atoms with Crippen LogP contribution in [-0.4, -0.2) is 70.5 Å². The highest BCUT2D eigenvalue weighted by atomic mass is 16.3. The van der Waals surface area contributed by atoms with Crippen LogP contribution in [0.1, 0.15) is 53.9 Å². The van der Waals surface area contributed by atoms with Gasteiger partial charge in [0.25, 0.3) is 0 Å². The Balaban J connectivity index is 1.34. The maximum atomic E-state index is 11.7. The van der Waals surface area contributed by atoms with E-state index >= 15 is 0 Å². The van der Waals surface area contributed by atoms with Gasteiger partial charge in [-0.05, 0) is 54.8 Å². The van der Waals surface area contributed by atoms with Gasteiger partial charge in [0.2, 0.25) is 11.7 Å². The Morgan fingerprint density at radius 2 is 1.76 bits per heavy atom. The lowest BCUT2D eigenvalue weighted by molar-refractivity contribution is -0.124. The first-order valence-corrected chi connectivity index (χ1v) is 12.9. The summed E-state index contributed by atoms with van der Waals surface area (Å²) in [6, 6.07) is 16.0. The highest BCUT2D eigenvalue weighted by molar-refractivity contribution is 6.04. The van der Waals surface area contributed by atoms with Gasteiger partial charge in [-0.3, -0.25) is 19.5 Å². The zero-order chi connectivity index (χ0) is 26.9. The van der Waals surface area contributed by atoms with Crippen LogP contribution in [0.25, 0.3) is 0 Å². The Morgan fingerprint density at radius 3 is 2.42 bits per heavy atom. The van der Waals surface area contributed by atoms with Crippen molar-refractivity contribution >= 4 is 17.9 Å². The molecule has 1 fully saturated rings. The Hall–Kier alpha value is -3.77. The van der Waals surface area contributed by atoms with E-state index in [9.17, 15) is 19.8 Å². The number of benzene rings is 2. The third kappa shape index (κ3) is 7.17. The van der Waals surface area contributed by atoms with Gasteiger partial charge in [0, 0.05) is 55.2 Å². The minimum Gasteiger partial charge on any atom is -0.503 e. The third-order valence-corrected chi connectivity index (χ3v) is 6.97. The van der Waals surface area contributed by atoms with E-state index in [1.54, 1.807) is 0 Å². The second kappa shape index (κ2) is 13.2. The smallest absolute Gasteiger partial charge is 0.245 e. The lowest BCUT2D eigenvalue weighted by atomic mass is 9.93. The Bertz CT molecular complexity index is 1260. The molecule has 2 aromatic rings. The Labute approximate surface area is 222 Å². The molecular formula is C30H33N3O5. The zero-order valence-corrected chi connectivity index (χ0v) is 21.3. The van der Waals surface area contributed by atoms with Crippen molar-refractivity contribution in [3.63, 3.8) is 0 Å². The van der Waals surface area contributed by atoms with Crippen molar-refractivity contribution in [3.05, 3.63) is 82.2 Å². The molecule has 2 heterocycles. The van der Waals surface area contributed by atoms with E-state index in [4.69, 9.17) is 5.11 Å². The highest BCUT2D eigenvalue weighted by Gasteiger charge is 2.25. The van der Waals surface area contributed by atoms with E-state index in [0.29, 0.717) is 12.2 Å². The highest BCUT2D eigenvalue weighted by Crippen LogP contribution is 2.27. The van der Waals surface area contributed by atoms with Gasteiger partial charge in [-0.15, -0.1) is 0 Å². The van der Waals surface area contributed by atoms with Gasteiger partial charge >= 0.3 is 0 Å². The summed E-state index contributed by atoms with van der Waals surface area (Å²) in [4.78, 5) is 29.6. The molecule has 1 saturated heterocycles. The maximum Gasteiger partial charge on any atom is 0.245 e. The fourth-order valence-corrected chi connectivity index (χ4v) is 4.76. The number of nitrogens with zero attached hydrogens (tertiary/aromatic N) is 2. The first-order valence-electron chi connectivity index (χ1n) is 12.9. The van der Waals surface area contributed by atoms with E-state index in [1.165, 1.54) is 11.8 Å². The summed E-state index contributed by atoms with van der Waals surface area (Å²) in [5.74, 6) is 5.07.